The Kier molecular flexibility index (Phi) is 7.64. The molecule has 1 aromatic rings. The highest BCUT2D eigenvalue weighted by Gasteiger charge is 2.20. The van der Waals surface area contributed by atoms with Gasteiger partial charge in [0.25, 0.3) is 5.91 Å². The summed E-state index contributed by atoms with van der Waals surface area (Å²) in [5.74, 6) is -1.61. The summed E-state index contributed by atoms with van der Waals surface area (Å²) in [6, 6.07) is 4.51. The second-order valence-electron chi connectivity index (χ2n) is 5.37. The van der Waals surface area contributed by atoms with Gasteiger partial charge >= 0.3 is 5.97 Å². The molecule has 132 valence electrons. The maximum Gasteiger partial charge on any atom is 0.326 e. The van der Waals surface area contributed by atoms with Crippen LogP contribution in [-0.4, -0.2) is 37.2 Å². The van der Waals surface area contributed by atoms with E-state index in [0.29, 0.717) is 6.42 Å². The van der Waals surface area contributed by atoms with Gasteiger partial charge in [-0.1, -0.05) is 25.5 Å². The van der Waals surface area contributed by atoms with Gasteiger partial charge in [-0.15, -0.1) is 0 Å². The van der Waals surface area contributed by atoms with Gasteiger partial charge in [0.1, 0.15) is 6.04 Å². The van der Waals surface area contributed by atoms with Crippen molar-refractivity contribution in [2.24, 2.45) is 0 Å². The molecule has 0 bridgehead atoms. The van der Waals surface area contributed by atoms with E-state index in [9.17, 15) is 18.0 Å². The highest BCUT2D eigenvalue weighted by molar-refractivity contribution is 7.91. The van der Waals surface area contributed by atoms with E-state index in [4.69, 9.17) is 5.11 Å². The van der Waals surface area contributed by atoms with E-state index in [1.807, 2.05) is 6.92 Å². The maximum atomic E-state index is 12.1. The quantitative estimate of drug-likeness (QED) is 0.664. The van der Waals surface area contributed by atoms with E-state index >= 15 is 0 Å². The van der Waals surface area contributed by atoms with Gasteiger partial charge in [0.05, 0.1) is 10.6 Å². The van der Waals surface area contributed by atoms with Gasteiger partial charge in [0, 0.05) is 5.56 Å². The van der Waals surface area contributed by atoms with Crippen molar-refractivity contribution in [1.29, 1.82) is 0 Å². The van der Waals surface area contributed by atoms with Crippen LogP contribution in [0.1, 0.15) is 43.5 Å². The molecule has 1 amide bonds. The van der Waals surface area contributed by atoms with E-state index in [1.165, 1.54) is 24.3 Å². The van der Waals surface area contributed by atoms with Crippen molar-refractivity contribution in [2.75, 3.05) is 5.75 Å². The fourth-order valence-corrected chi connectivity index (χ4v) is 3.46. The van der Waals surface area contributed by atoms with Crippen LogP contribution in [0.15, 0.2) is 41.3 Å². The predicted octanol–water partition coefficient (Wildman–Crippen LogP) is 2.41. The van der Waals surface area contributed by atoms with E-state index < -0.39 is 27.8 Å². The van der Waals surface area contributed by atoms with Crippen LogP contribution in [0.25, 0.3) is 0 Å². The minimum Gasteiger partial charge on any atom is -0.480 e. The fourth-order valence-electron chi connectivity index (χ4n) is 2.00. The monoisotopic (exact) mass is 353 g/mol. The zero-order valence-corrected chi connectivity index (χ0v) is 14.7. The Morgan fingerprint density at radius 3 is 2.38 bits per heavy atom. The van der Waals surface area contributed by atoms with E-state index in [0.717, 1.165) is 6.42 Å². The Balaban J connectivity index is 2.84. The molecule has 1 unspecified atom stereocenters. The van der Waals surface area contributed by atoms with Gasteiger partial charge in [-0.05, 0) is 44.0 Å². The molecule has 0 fully saturated rings. The third-order valence-corrected chi connectivity index (χ3v) is 5.27. The molecular formula is C17H23NO5S. The smallest absolute Gasteiger partial charge is 0.326 e. The zero-order valence-electron chi connectivity index (χ0n) is 13.9. The first-order chi connectivity index (χ1) is 11.3. The number of nitrogens with one attached hydrogen (secondary N) is 1. The van der Waals surface area contributed by atoms with Crippen molar-refractivity contribution in [1.82, 2.24) is 5.32 Å². The van der Waals surface area contributed by atoms with Crippen molar-refractivity contribution >= 4 is 21.7 Å². The first-order valence-corrected chi connectivity index (χ1v) is 9.44. The summed E-state index contributed by atoms with van der Waals surface area (Å²) in [5.41, 5.74) is 0.219. The number of carboxylic acids is 1. The molecule has 0 saturated heterocycles. The molecule has 1 rings (SSSR count). The molecule has 0 heterocycles. The Hall–Kier alpha value is -2.15. The minimum atomic E-state index is -3.35. The number of carboxylic acid groups (broad SMARTS) is 1. The number of carbonyl (C=O) groups is 2. The van der Waals surface area contributed by atoms with Gasteiger partial charge in [-0.3, -0.25) is 4.79 Å². The molecule has 0 saturated carbocycles. The van der Waals surface area contributed by atoms with Crippen molar-refractivity contribution < 1.29 is 23.1 Å². The highest BCUT2D eigenvalue weighted by Crippen LogP contribution is 2.14. The second-order valence-corrected chi connectivity index (χ2v) is 7.47. The summed E-state index contributed by atoms with van der Waals surface area (Å²) >= 11 is 0. The molecule has 1 atom stereocenters. The lowest BCUT2D eigenvalue weighted by molar-refractivity contribution is -0.139. The molecule has 0 aliphatic rings. The molecule has 0 aliphatic carbocycles. The van der Waals surface area contributed by atoms with Crippen molar-refractivity contribution in [3.63, 3.8) is 0 Å². The number of hydrogen-bond acceptors (Lipinski definition) is 4. The lowest BCUT2D eigenvalue weighted by atomic mass is 10.1. The fraction of sp³-hybridized carbons (Fsp3) is 0.412. The molecule has 1 aromatic carbocycles. The normalized spacial score (nSPS) is 12.9. The lowest BCUT2D eigenvalue weighted by Crippen LogP contribution is -2.40. The number of benzene rings is 1. The van der Waals surface area contributed by atoms with E-state index in [1.54, 1.807) is 19.1 Å². The van der Waals surface area contributed by atoms with Crippen LogP contribution in [0.3, 0.4) is 0 Å². The van der Waals surface area contributed by atoms with Crippen LogP contribution < -0.4 is 5.32 Å². The first kappa shape index (κ1) is 19.9. The number of unbranched alkanes of at least 4 members (excludes halogenated alkanes) is 1. The Labute approximate surface area is 142 Å². The Morgan fingerprint density at radius 1 is 1.25 bits per heavy atom. The maximum absolute atomic E-state index is 12.1. The van der Waals surface area contributed by atoms with E-state index in [2.05, 4.69) is 5.32 Å². The van der Waals surface area contributed by atoms with Crippen LogP contribution in [0.2, 0.25) is 0 Å². The molecule has 24 heavy (non-hydrogen) atoms. The SMILES string of the molecule is C/C=C/CC(NC(=O)c1ccc(S(=O)(=O)CCCC)cc1)C(=O)O. The number of carbonyl (C=O) groups excluding carboxylic acids is 1. The first-order valence-electron chi connectivity index (χ1n) is 7.79. The Morgan fingerprint density at radius 2 is 1.88 bits per heavy atom. The predicted molar refractivity (Wildman–Crippen MR) is 91.7 cm³/mol. The summed E-state index contributed by atoms with van der Waals surface area (Å²) in [6.45, 7) is 3.67. The largest absolute Gasteiger partial charge is 0.480 e. The molecule has 7 heteroatoms. The van der Waals surface area contributed by atoms with Gasteiger partial charge in [0.2, 0.25) is 0 Å². The molecule has 6 nitrogen and oxygen atoms in total. The molecule has 0 spiro atoms. The van der Waals surface area contributed by atoms with Crippen LogP contribution in [0.4, 0.5) is 0 Å². The summed E-state index contributed by atoms with van der Waals surface area (Å²) in [7, 11) is -3.35. The number of amides is 1. The highest BCUT2D eigenvalue weighted by atomic mass is 32.2. The Bertz CT molecular complexity index is 692. The molecule has 0 radical (unpaired) electrons. The average Bonchev–Trinajstić information content (AvgIpc) is 2.56. The summed E-state index contributed by atoms with van der Waals surface area (Å²) in [6.07, 6.45) is 4.90. The third-order valence-electron chi connectivity index (χ3n) is 3.45. The standard InChI is InChI=1S/C17H23NO5S/c1-3-5-7-15(17(20)21)18-16(19)13-8-10-14(11-9-13)24(22,23)12-6-4-2/h3,5,8-11,15H,4,6-7,12H2,1-2H3,(H,18,19)(H,20,21)/b5-3+. The number of hydrogen-bond donors (Lipinski definition) is 2. The van der Waals surface area contributed by atoms with E-state index in [-0.39, 0.29) is 22.6 Å². The lowest BCUT2D eigenvalue weighted by Gasteiger charge is -2.13. The van der Waals surface area contributed by atoms with Crippen molar-refractivity contribution in [3.05, 3.63) is 42.0 Å². The van der Waals surface area contributed by atoms with Gasteiger partial charge in [-0.2, -0.15) is 0 Å². The number of rotatable bonds is 9. The molecule has 0 aromatic heterocycles. The van der Waals surface area contributed by atoms with Crippen LogP contribution in [0, 0.1) is 0 Å². The van der Waals surface area contributed by atoms with Crippen LogP contribution in [0.5, 0.6) is 0 Å². The van der Waals surface area contributed by atoms with Gasteiger partial charge in [0.15, 0.2) is 9.84 Å². The molecule has 0 aliphatic heterocycles. The van der Waals surface area contributed by atoms with Crippen LogP contribution >= 0.6 is 0 Å². The number of aliphatic carboxylic acids is 1. The van der Waals surface area contributed by atoms with Crippen molar-refractivity contribution in [3.8, 4) is 0 Å². The van der Waals surface area contributed by atoms with Crippen molar-refractivity contribution in [2.45, 2.75) is 44.0 Å². The summed E-state index contributed by atoms with van der Waals surface area (Å²) in [4.78, 5) is 23.4. The minimum absolute atomic E-state index is 0.0689. The molecular weight excluding hydrogens is 330 g/mol. The van der Waals surface area contributed by atoms with Crippen LogP contribution in [-0.2, 0) is 14.6 Å². The van der Waals surface area contributed by atoms with Gasteiger partial charge in [-0.25, -0.2) is 13.2 Å². The van der Waals surface area contributed by atoms with Gasteiger partial charge < -0.3 is 10.4 Å². The molecule has 2 N–H and O–H groups in total. The number of sulfone groups is 1. The third kappa shape index (κ3) is 5.81. The average molecular weight is 353 g/mol. The topological polar surface area (TPSA) is 101 Å². The second kappa shape index (κ2) is 9.22. The zero-order chi connectivity index (χ0) is 18.2. The summed E-state index contributed by atoms with van der Waals surface area (Å²) in [5, 5.41) is 11.5. The summed E-state index contributed by atoms with van der Waals surface area (Å²) < 4.78 is 24.1. The number of allylic oxidation sites excluding steroid dienone is 1.